The Morgan fingerprint density at radius 2 is 1.17 bits per heavy atom. The van der Waals surface area contributed by atoms with Crippen molar-refractivity contribution in [2.45, 2.75) is 12.1 Å². The van der Waals surface area contributed by atoms with Crippen molar-refractivity contribution in [3.8, 4) is 0 Å². The molecule has 0 bridgehead atoms. The number of pyridine rings is 1. The van der Waals surface area contributed by atoms with E-state index in [0.717, 1.165) is 34.2 Å². The zero-order valence-corrected chi connectivity index (χ0v) is 17.5. The first-order valence-electron chi connectivity index (χ1n) is 9.93. The maximum Gasteiger partial charge on any atom is 0.174 e. The van der Waals surface area contributed by atoms with Crippen LogP contribution in [0, 0.1) is 0 Å². The molecule has 2 aliphatic carbocycles. The summed E-state index contributed by atoms with van der Waals surface area (Å²) < 4.78 is 0. The number of aliphatic imine (C=N–C) groups is 4. The van der Waals surface area contributed by atoms with Crippen molar-refractivity contribution < 1.29 is 0 Å². The molecule has 4 aliphatic rings. The van der Waals surface area contributed by atoms with Crippen LogP contribution in [-0.2, 0) is 0 Å². The van der Waals surface area contributed by atoms with Crippen molar-refractivity contribution in [1.82, 2.24) is 14.8 Å². The molecule has 0 spiro atoms. The lowest BCUT2D eigenvalue weighted by atomic mass is 10.1. The largest absolute Gasteiger partial charge is 0.378 e. The van der Waals surface area contributed by atoms with Gasteiger partial charge >= 0.3 is 0 Å². The number of rotatable bonds is 4. The molecule has 0 saturated heterocycles. The minimum Gasteiger partial charge on any atom is -0.378 e. The molecule has 0 N–H and O–H groups in total. The molecule has 150 valence electrons. The summed E-state index contributed by atoms with van der Waals surface area (Å²) >= 11 is 0. The summed E-state index contributed by atoms with van der Waals surface area (Å²) in [5, 5.41) is 0. The Labute approximate surface area is 176 Å². The predicted octanol–water partition coefficient (Wildman–Crippen LogP) is 2.25. The van der Waals surface area contributed by atoms with Crippen LogP contribution >= 0.6 is 0 Å². The van der Waals surface area contributed by atoms with Gasteiger partial charge in [-0.1, -0.05) is 18.2 Å². The molecule has 1 aromatic rings. The molecule has 1 aromatic heterocycles. The summed E-state index contributed by atoms with van der Waals surface area (Å²) in [6.07, 6.45) is 12.4. The van der Waals surface area contributed by atoms with E-state index in [4.69, 9.17) is 25.0 Å². The van der Waals surface area contributed by atoms with E-state index in [1.165, 1.54) is 0 Å². The second kappa shape index (κ2) is 7.02. The van der Waals surface area contributed by atoms with Crippen molar-refractivity contribution in [2.75, 3.05) is 28.2 Å². The summed E-state index contributed by atoms with van der Waals surface area (Å²) in [4.78, 5) is 27.8. The third-order valence-corrected chi connectivity index (χ3v) is 5.33. The van der Waals surface area contributed by atoms with E-state index in [-0.39, 0.29) is 12.1 Å². The first kappa shape index (κ1) is 18.4. The molecule has 7 nitrogen and oxygen atoms in total. The van der Waals surface area contributed by atoms with Gasteiger partial charge in [0, 0.05) is 39.6 Å². The van der Waals surface area contributed by atoms with Crippen LogP contribution in [0.2, 0.25) is 0 Å². The van der Waals surface area contributed by atoms with Crippen LogP contribution in [0.5, 0.6) is 0 Å². The number of amidine groups is 2. The number of hydrogen-bond acceptors (Lipinski definition) is 7. The van der Waals surface area contributed by atoms with Gasteiger partial charge in [-0.3, -0.25) is 9.98 Å². The third-order valence-electron chi connectivity index (χ3n) is 5.33. The Morgan fingerprint density at radius 1 is 0.700 bits per heavy atom. The van der Waals surface area contributed by atoms with Gasteiger partial charge in [-0.2, -0.15) is 0 Å². The quantitative estimate of drug-likeness (QED) is 0.783. The van der Waals surface area contributed by atoms with Crippen LogP contribution in [0.3, 0.4) is 0 Å². The smallest absolute Gasteiger partial charge is 0.174 e. The number of fused-ring (bicyclic) bond motifs is 2. The van der Waals surface area contributed by atoms with E-state index < -0.39 is 0 Å². The zero-order chi connectivity index (χ0) is 20.8. The second-order valence-electron chi connectivity index (χ2n) is 7.92. The average molecular weight is 397 g/mol. The molecule has 3 heterocycles. The Kier molecular flexibility index (Phi) is 4.31. The van der Waals surface area contributed by atoms with E-state index in [2.05, 4.69) is 46.3 Å². The zero-order valence-electron chi connectivity index (χ0n) is 17.5. The second-order valence-corrected chi connectivity index (χ2v) is 7.92. The lowest BCUT2D eigenvalue weighted by Crippen LogP contribution is -2.19. The Hall–Kier alpha value is -3.61. The molecule has 0 saturated carbocycles. The number of hydrogen-bond donors (Lipinski definition) is 0. The van der Waals surface area contributed by atoms with Crippen molar-refractivity contribution in [2.24, 2.45) is 20.0 Å². The van der Waals surface area contributed by atoms with Gasteiger partial charge in [0.15, 0.2) is 11.7 Å². The van der Waals surface area contributed by atoms with Gasteiger partial charge in [0.25, 0.3) is 0 Å². The first-order chi connectivity index (χ1) is 14.5. The normalized spacial score (nSPS) is 23.6. The van der Waals surface area contributed by atoms with Crippen LogP contribution in [-0.4, -0.2) is 78.2 Å². The van der Waals surface area contributed by atoms with Gasteiger partial charge in [0.05, 0.1) is 11.4 Å². The molecule has 5 rings (SSSR count). The molecule has 0 radical (unpaired) electrons. The highest BCUT2D eigenvalue weighted by atomic mass is 15.1. The SMILES string of the molecule is CN(C)C1=CC2=NC(c3cccc(C4=NC5C=CC(N(C)C)=CC5=N4)n3)=NC2C=C1. The highest BCUT2D eigenvalue weighted by Gasteiger charge is 2.26. The molecule has 0 fully saturated rings. The van der Waals surface area contributed by atoms with E-state index in [1.807, 2.05) is 46.4 Å². The van der Waals surface area contributed by atoms with Gasteiger partial charge in [0.1, 0.15) is 23.5 Å². The van der Waals surface area contributed by atoms with Crippen LogP contribution in [0.4, 0.5) is 0 Å². The Morgan fingerprint density at radius 3 is 1.60 bits per heavy atom. The fourth-order valence-electron chi connectivity index (χ4n) is 3.61. The molecular formula is C23H23N7. The standard InChI is InChI=1S/C23H23N7/c1-29(2)14-8-10-16-20(12-14)27-22(25-16)18-6-5-7-19(24-18)23-26-17-11-9-15(30(3)4)13-21(17)28-23/h5-13,16-17H,1-4H3. The van der Waals surface area contributed by atoms with Gasteiger partial charge < -0.3 is 9.80 Å². The van der Waals surface area contributed by atoms with Crippen molar-refractivity contribution in [3.05, 3.63) is 77.4 Å². The molecular weight excluding hydrogens is 374 g/mol. The van der Waals surface area contributed by atoms with Gasteiger partial charge in [-0.25, -0.2) is 15.0 Å². The van der Waals surface area contributed by atoms with E-state index in [9.17, 15) is 0 Å². The molecule has 0 amide bonds. The topological polar surface area (TPSA) is 68.8 Å². The lowest BCUT2D eigenvalue weighted by Gasteiger charge is -2.18. The molecule has 30 heavy (non-hydrogen) atoms. The van der Waals surface area contributed by atoms with E-state index >= 15 is 0 Å². The molecule has 7 heteroatoms. The van der Waals surface area contributed by atoms with E-state index in [0.29, 0.717) is 11.7 Å². The molecule has 2 unspecified atom stereocenters. The van der Waals surface area contributed by atoms with Gasteiger partial charge in [0.2, 0.25) is 0 Å². The van der Waals surface area contributed by atoms with Gasteiger partial charge in [-0.15, -0.1) is 0 Å². The summed E-state index contributed by atoms with van der Waals surface area (Å²) in [6.45, 7) is 0. The lowest BCUT2D eigenvalue weighted by molar-refractivity contribution is 0.529. The third kappa shape index (κ3) is 3.22. The van der Waals surface area contributed by atoms with Crippen LogP contribution in [0.1, 0.15) is 11.4 Å². The summed E-state index contributed by atoms with van der Waals surface area (Å²) in [5.41, 5.74) is 5.58. The van der Waals surface area contributed by atoms with E-state index in [1.54, 1.807) is 0 Å². The fourth-order valence-corrected chi connectivity index (χ4v) is 3.61. The Bertz CT molecular complexity index is 1070. The number of allylic oxidation sites excluding steroid dienone is 2. The highest BCUT2D eigenvalue weighted by Crippen LogP contribution is 2.22. The highest BCUT2D eigenvalue weighted by molar-refractivity contribution is 6.19. The molecule has 2 aliphatic heterocycles. The fraction of sp³-hybridized carbons (Fsp3) is 0.261. The summed E-state index contributed by atoms with van der Waals surface area (Å²) in [5.74, 6) is 1.30. The van der Waals surface area contributed by atoms with Gasteiger partial charge in [-0.05, 0) is 36.4 Å². The number of aromatic nitrogens is 1. The monoisotopic (exact) mass is 397 g/mol. The molecule has 0 aromatic carbocycles. The minimum absolute atomic E-state index is 0.0409. The Balaban J connectivity index is 1.43. The number of likely N-dealkylation sites (N-methyl/N-ethyl adjacent to an activating group) is 2. The van der Waals surface area contributed by atoms with Crippen LogP contribution in [0.25, 0.3) is 0 Å². The first-order valence-corrected chi connectivity index (χ1v) is 9.93. The van der Waals surface area contributed by atoms with Crippen molar-refractivity contribution in [1.29, 1.82) is 0 Å². The van der Waals surface area contributed by atoms with Crippen molar-refractivity contribution >= 4 is 23.1 Å². The summed E-state index contributed by atoms with van der Waals surface area (Å²) in [6, 6.07) is 5.75. The summed E-state index contributed by atoms with van der Waals surface area (Å²) in [7, 11) is 8.08. The van der Waals surface area contributed by atoms with Crippen LogP contribution in [0.15, 0.2) is 86.0 Å². The maximum absolute atomic E-state index is 4.77. The average Bonchev–Trinajstić information content (AvgIpc) is 3.36. The minimum atomic E-state index is -0.0409. The number of nitrogens with zero attached hydrogens (tertiary/aromatic N) is 7. The van der Waals surface area contributed by atoms with Crippen LogP contribution < -0.4 is 0 Å². The molecule has 2 atom stereocenters. The van der Waals surface area contributed by atoms with Crippen molar-refractivity contribution in [3.63, 3.8) is 0 Å². The maximum atomic E-state index is 4.77. The predicted molar refractivity (Wildman–Crippen MR) is 122 cm³/mol.